The summed E-state index contributed by atoms with van der Waals surface area (Å²) in [6, 6.07) is 6.79. The molecule has 1 atom stereocenters. The summed E-state index contributed by atoms with van der Waals surface area (Å²) in [5, 5.41) is 2.97. The maximum atomic E-state index is 13.7. The minimum Gasteiger partial charge on any atom is -0.406 e. The third kappa shape index (κ3) is 4.42. The number of rotatable bonds is 5. The van der Waals surface area contributed by atoms with Crippen LogP contribution >= 0.6 is 0 Å². The molecular weight excluding hydrogens is 407 g/mol. The van der Waals surface area contributed by atoms with E-state index in [9.17, 15) is 30.4 Å². The lowest BCUT2D eigenvalue weighted by atomic mass is 9.90. The second-order valence-corrected chi connectivity index (χ2v) is 7.94. The van der Waals surface area contributed by atoms with Crippen LogP contribution in [0.3, 0.4) is 0 Å². The van der Waals surface area contributed by atoms with Crippen LogP contribution in [0.5, 0.6) is 5.75 Å². The fourth-order valence-corrected chi connectivity index (χ4v) is 4.43. The van der Waals surface area contributed by atoms with Gasteiger partial charge >= 0.3 is 6.36 Å². The van der Waals surface area contributed by atoms with Gasteiger partial charge in [0.2, 0.25) is 10.0 Å². The molecule has 0 radical (unpaired) electrons. The van der Waals surface area contributed by atoms with Gasteiger partial charge in [0.15, 0.2) is 11.6 Å². The standard InChI is InChI=1S/C17H15F5N2O3S/c18-14-6-1-11(9-15(14)19)16(7-8-23-10-16)24-28(25,26)13-4-2-12(3-5-13)27-17(20,21)22/h1-6,9,23-24H,7-8,10H2. The summed E-state index contributed by atoms with van der Waals surface area (Å²) in [4.78, 5) is -0.295. The van der Waals surface area contributed by atoms with Crippen LogP contribution < -0.4 is 14.8 Å². The van der Waals surface area contributed by atoms with Crippen LogP contribution in [-0.2, 0) is 15.6 Å². The zero-order valence-electron chi connectivity index (χ0n) is 14.2. The van der Waals surface area contributed by atoms with Gasteiger partial charge in [-0.15, -0.1) is 13.2 Å². The Bertz CT molecular complexity index is 956. The van der Waals surface area contributed by atoms with Crippen LogP contribution in [0.1, 0.15) is 12.0 Å². The minimum atomic E-state index is -4.90. The van der Waals surface area contributed by atoms with Crippen molar-refractivity contribution in [3.05, 3.63) is 59.7 Å². The van der Waals surface area contributed by atoms with E-state index in [2.05, 4.69) is 14.8 Å². The molecule has 0 aromatic heterocycles. The molecule has 0 aliphatic carbocycles. The quantitative estimate of drug-likeness (QED) is 0.727. The Morgan fingerprint density at radius 2 is 1.71 bits per heavy atom. The summed E-state index contributed by atoms with van der Waals surface area (Å²) >= 11 is 0. The number of ether oxygens (including phenoxy) is 1. The van der Waals surface area contributed by atoms with Crippen molar-refractivity contribution in [3.63, 3.8) is 0 Å². The number of sulfonamides is 1. The first-order valence-electron chi connectivity index (χ1n) is 8.07. The molecule has 3 rings (SSSR count). The molecule has 1 saturated heterocycles. The number of halogens is 5. The third-order valence-corrected chi connectivity index (χ3v) is 5.88. The third-order valence-electron chi connectivity index (χ3n) is 4.32. The predicted octanol–water partition coefficient (Wildman–Crippen LogP) is 3.03. The Hall–Kier alpha value is -2.24. The van der Waals surface area contributed by atoms with E-state index in [0.717, 1.165) is 36.4 Å². The maximum Gasteiger partial charge on any atom is 0.573 e. The zero-order valence-corrected chi connectivity index (χ0v) is 15.0. The number of hydrogen-bond donors (Lipinski definition) is 2. The summed E-state index contributed by atoms with van der Waals surface area (Å²) in [7, 11) is -4.18. The van der Waals surface area contributed by atoms with Crippen molar-refractivity contribution in [2.45, 2.75) is 23.2 Å². The van der Waals surface area contributed by atoms with Crippen molar-refractivity contribution in [3.8, 4) is 5.75 Å². The molecule has 0 bridgehead atoms. The van der Waals surface area contributed by atoms with E-state index >= 15 is 0 Å². The molecule has 1 heterocycles. The average Bonchev–Trinajstić information content (AvgIpc) is 3.05. The molecule has 2 aromatic rings. The smallest absolute Gasteiger partial charge is 0.406 e. The Kier molecular flexibility index (Phi) is 5.34. The average molecular weight is 422 g/mol. The molecular formula is C17H15F5N2O3S. The lowest BCUT2D eigenvalue weighted by Gasteiger charge is -2.30. The van der Waals surface area contributed by atoms with Crippen molar-refractivity contribution in [2.75, 3.05) is 13.1 Å². The van der Waals surface area contributed by atoms with Gasteiger partial charge in [0, 0.05) is 6.54 Å². The van der Waals surface area contributed by atoms with Crippen LogP contribution in [0, 0.1) is 11.6 Å². The molecule has 2 aromatic carbocycles. The van der Waals surface area contributed by atoms with Crippen LogP contribution in [0.2, 0.25) is 0 Å². The number of nitrogens with one attached hydrogen (secondary N) is 2. The van der Waals surface area contributed by atoms with Gasteiger partial charge in [-0.1, -0.05) is 6.07 Å². The highest BCUT2D eigenvalue weighted by Gasteiger charge is 2.40. The zero-order chi connectivity index (χ0) is 20.6. The molecule has 1 unspecified atom stereocenters. The van der Waals surface area contributed by atoms with Crippen molar-refractivity contribution < 1.29 is 35.1 Å². The van der Waals surface area contributed by atoms with E-state index in [1.165, 1.54) is 6.07 Å². The summed E-state index contributed by atoms with van der Waals surface area (Å²) in [5.74, 6) is -2.74. The Morgan fingerprint density at radius 1 is 1.04 bits per heavy atom. The monoisotopic (exact) mass is 422 g/mol. The summed E-state index contributed by atoms with van der Waals surface area (Å²) in [5.41, 5.74) is -0.994. The molecule has 28 heavy (non-hydrogen) atoms. The van der Waals surface area contributed by atoms with Gasteiger partial charge in [0.25, 0.3) is 0 Å². The Labute approximate surface area is 157 Å². The maximum absolute atomic E-state index is 13.7. The van der Waals surface area contributed by atoms with Gasteiger partial charge in [-0.2, -0.15) is 4.72 Å². The number of hydrogen-bond acceptors (Lipinski definition) is 4. The van der Waals surface area contributed by atoms with Crippen molar-refractivity contribution in [2.24, 2.45) is 0 Å². The Balaban J connectivity index is 1.89. The van der Waals surface area contributed by atoms with E-state index < -0.39 is 39.3 Å². The van der Waals surface area contributed by atoms with Gasteiger partial charge in [-0.25, -0.2) is 17.2 Å². The number of benzene rings is 2. The molecule has 152 valence electrons. The van der Waals surface area contributed by atoms with Gasteiger partial charge in [0.05, 0.1) is 10.4 Å². The van der Waals surface area contributed by atoms with E-state index in [1.807, 2.05) is 0 Å². The molecule has 2 N–H and O–H groups in total. The molecule has 1 aliphatic heterocycles. The summed E-state index contributed by atoms with van der Waals surface area (Å²) < 4.78 is 95.3. The lowest BCUT2D eigenvalue weighted by molar-refractivity contribution is -0.274. The van der Waals surface area contributed by atoms with Gasteiger partial charge in [-0.3, -0.25) is 0 Å². The highest BCUT2D eigenvalue weighted by molar-refractivity contribution is 7.89. The Morgan fingerprint density at radius 3 is 2.25 bits per heavy atom. The largest absolute Gasteiger partial charge is 0.573 e. The van der Waals surface area contributed by atoms with E-state index in [4.69, 9.17) is 0 Å². The first-order valence-corrected chi connectivity index (χ1v) is 9.55. The highest BCUT2D eigenvalue weighted by Crippen LogP contribution is 2.32. The van der Waals surface area contributed by atoms with Crippen LogP contribution in [0.4, 0.5) is 22.0 Å². The second kappa shape index (κ2) is 7.30. The lowest BCUT2D eigenvalue weighted by Crippen LogP contribution is -2.47. The van der Waals surface area contributed by atoms with Crippen molar-refractivity contribution >= 4 is 10.0 Å². The molecule has 0 spiro atoms. The van der Waals surface area contributed by atoms with Gasteiger partial charge < -0.3 is 10.1 Å². The minimum absolute atomic E-state index is 0.132. The van der Waals surface area contributed by atoms with Crippen molar-refractivity contribution in [1.82, 2.24) is 10.0 Å². The van der Waals surface area contributed by atoms with Gasteiger partial charge in [-0.05, 0) is 54.9 Å². The second-order valence-electron chi connectivity index (χ2n) is 6.26. The predicted molar refractivity (Wildman–Crippen MR) is 89.0 cm³/mol. The summed E-state index contributed by atoms with van der Waals surface area (Å²) in [6.07, 6.45) is -4.63. The fraction of sp³-hybridized carbons (Fsp3) is 0.294. The summed E-state index contributed by atoms with van der Waals surface area (Å²) in [6.45, 7) is 0.562. The van der Waals surface area contributed by atoms with Crippen LogP contribution in [-0.4, -0.2) is 27.9 Å². The molecule has 0 amide bonds. The molecule has 5 nitrogen and oxygen atoms in total. The first-order chi connectivity index (χ1) is 13.0. The van der Waals surface area contributed by atoms with Crippen LogP contribution in [0.15, 0.2) is 47.4 Å². The number of alkyl halides is 3. The highest BCUT2D eigenvalue weighted by atomic mass is 32.2. The van der Waals surface area contributed by atoms with E-state index in [0.29, 0.717) is 6.54 Å². The van der Waals surface area contributed by atoms with Crippen LogP contribution in [0.25, 0.3) is 0 Å². The van der Waals surface area contributed by atoms with E-state index in [1.54, 1.807) is 0 Å². The van der Waals surface area contributed by atoms with Crippen molar-refractivity contribution in [1.29, 1.82) is 0 Å². The first kappa shape index (κ1) is 20.5. The normalized spacial score (nSPS) is 20.3. The topological polar surface area (TPSA) is 67.4 Å². The molecule has 1 fully saturated rings. The SMILES string of the molecule is O=S(=O)(NC1(c2ccc(F)c(F)c2)CCNC1)c1ccc(OC(F)(F)F)cc1. The molecule has 0 saturated carbocycles. The van der Waals surface area contributed by atoms with Gasteiger partial charge in [0.1, 0.15) is 5.75 Å². The van der Waals surface area contributed by atoms with E-state index in [-0.39, 0.29) is 23.4 Å². The fourth-order valence-electron chi connectivity index (χ4n) is 3.01. The molecule has 11 heteroatoms. The molecule has 1 aliphatic rings.